The van der Waals surface area contributed by atoms with Gasteiger partial charge in [0.1, 0.15) is 0 Å². The van der Waals surface area contributed by atoms with E-state index in [0.29, 0.717) is 24.4 Å². The Morgan fingerprint density at radius 2 is 1.77 bits per heavy atom. The molecule has 6 heteroatoms. The van der Waals surface area contributed by atoms with Crippen LogP contribution >= 0.6 is 11.8 Å². The maximum absolute atomic E-state index is 12.3. The number of carbonyl (C=O) groups excluding carboxylic acids is 1. The number of nitrogens with one attached hydrogen (secondary N) is 1. The molecule has 1 N–H and O–H groups in total. The summed E-state index contributed by atoms with van der Waals surface area (Å²) in [6.07, 6.45) is 1.80. The molecule has 1 aromatic heterocycles. The zero-order valence-corrected chi connectivity index (χ0v) is 15.2. The summed E-state index contributed by atoms with van der Waals surface area (Å²) in [7, 11) is 0. The van der Waals surface area contributed by atoms with Crippen LogP contribution in [0, 0.1) is 0 Å². The van der Waals surface area contributed by atoms with E-state index < -0.39 is 0 Å². The van der Waals surface area contributed by atoms with Gasteiger partial charge in [-0.25, -0.2) is 0 Å². The van der Waals surface area contributed by atoms with Crippen LogP contribution in [0.1, 0.15) is 16.2 Å². The highest BCUT2D eigenvalue weighted by atomic mass is 32.2. The van der Waals surface area contributed by atoms with Gasteiger partial charge in [0, 0.05) is 17.8 Å². The topological polar surface area (TPSA) is 59.8 Å². The number of para-hydroxylation sites is 1. The summed E-state index contributed by atoms with van der Waals surface area (Å²) in [5.41, 5.74) is 1.73. The second-order valence-electron chi connectivity index (χ2n) is 5.60. The quantitative estimate of drug-likeness (QED) is 0.353. The third kappa shape index (κ3) is 4.61. The number of aromatic nitrogens is 3. The van der Waals surface area contributed by atoms with Crippen molar-refractivity contribution in [3.05, 3.63) is 84.7 Å². The molecule has 2 aromatic carbocycles. The molecule has 0 aliphatic carbocycles. The molecule has 0 bridgehead atoms. The number of hydrogen-bond donors (Lipinski definition) is 1. The fourth-order valence-corrected chi connectivity index (χ4v) is 3.30. The lowest BCUT2D eigenvalue weighted by Crippen LogP contribution is -2.10. The molecule has 132 valence electrons. The average Bonchev–Trinajstić information content (AvgIpc) is 3.08. The molecule has 0 unspecified atom stereocenters. The fraction of sp³-hybridized carbons (Fsp3) is 0.150. The highest BCUT2D eigenvalue weighted by Crippen LogP contribution is 2.19. The lowest BCUT2D eigenvalue weighted by molar-refractivity contribution is 0.102. The van der Waals surface area contributed by atoms with Crippen LogP contribution in [-0.2, 0) is 13.1 Å². The molecule has 0 aliphatic heterocycles. The van der Waals surface area contributed by atoms with Crippen molar-refractivity contribution in [2.45, 2.75) is 18.2 Å². The normalized spacial score (nSPS) is 10.5. The first-order valence-corrected chi connectivity index (χ1v) is 9.29. The molecule has 0 radical (unpaired) electrons. The Morgan fingerprint density at radius 1 is 1.08 bits per heavy atom. The zero-order chi connectivity index (χ0) is 18.2. The summed E-state index contributed by atoms with van der Waals surface area (Å²) in [6, 6.07) is 19.2. The Balaban J connectivity index is 1.66. The van der Waals surface area contributed by atoms with E-state index in [1.807, 2.05) is 65.2 Å². The van der Waals surface area contributed by atoms with Crippen LogP contribution in [0.3, 0.4) is 0 Å². The lowest BCUT2D eigenvalue weighted by atomic mass is 10.2. The smallest absolute Gasteiger partial charge is 0.192 e. The van der Waals surface area contributed by atoms with E-state index in [-0.39, 0.29) is 5.78 Å². The minimum Gasteiger partial charge on any atom is -0.378 e. The van der Waals surface area contributed by atoms with E-state index in [0.717, 1.165) is 16.7 Å². The molecule has 0 spiro atoms. The van der Waals surface area contributed by atoms with Gasteiger partial charge in [-0.15, -0.1) is 16.8 Å². The fourth-order valence-electron chi connectivity index (χ4n) is 2.44. The number of benzene rings is 2. The molecule has 0 atom stereocenters. The van der Waals surface area contributed by atoms with Gasteiger partial charge < -0.3 is 9.88 Å². The van der Waals surface area contributed by atoms with Crippen LogP contribution in [0.25, 0.3) is 0 Å². The van der Waals surface area contributed by atoms with E-state index in [9.17, 15) is 4.79 Å². The standard InChI is InChI=1S/C20H20N4OS/c1-2-13-24-19(14-21-17-11-7-4-8-12-17)22-23-20(24)26-15-18(25)16-9-5-3-6-10-16/h2-12,21H,1,13-15H2. The molecular weight excluding hydrogens is 344 g/mol. The largest absolute Gasteiger partial charge is 0.378 e. The Labute approximate surface area is 157 Å². The van der Waals surface area contributed by atoms with Crippen molar-refractivity contribution in [1.29, 1.82) is 0 Å². The maximum atomic E-state index is 12.3. The van der Waals surface area contributed by atoms with Gasteiger partial charge in [-0.2, -0.15) is 0 Å². The van der Waals surface area contributed by atoms with E-state index in [1.54, 1.807) is 6.08 Å². The molecule has 3 rings (SSSR count). The number of carbonyl (C=O) groups is 1. The number of anilines is 1. The molecule has 0 aliphatic rings. The van der Waals surface area contributed by atoms with Crippen molar-refractivity contribution in [1.82, 2.24) is 14.8 Å². The summed E-state index contributed by atoms with van der Waals surface area (Å²) in [4.78, 5) is 12.3. The summed E-state index contributed by atoms with van der Waals surface area (Å²) >= 11 is 1.40. The third-order valence-corrected chi connectivity index (χ3v) is 4.72. The minimum absolute atomic E-state index is 0.0766. The molecule has 5 nitrogen and oxygen atoms in total. The predicted octanol–water partition coefficient (Wildman–Crippen LogP) is 4.05. The van der Waals surface area contributed by atoms with E-state index in [2.05, 4.69) is 22.1 Å². The molecule has 3 aromatic rings. The summed E-state index contributed by atoms with van der Waals surface area (Å²) in [6.45, 7) is 4.96. The van der Waals surface area contributed by atoms with Crippen LogP contribution < -0.4 is 5.32 Å². The lowest BCUT2D eigenvalue weighted by Gasteiger charge is -2.09. The molecule has 1 heterocycles. The van der Waals surface area contributed by atoms with Gasteiger partial charge in [-0.1, -0.05) is 66.4 Å². The Morgan fingerprint density at radius 3 is 2.46 bits per heavy atom. The summed E-state index contributed by atoms with van der Waals surface area (Å²) < 4.78 is 1.98. The second kappa shape index (κ2) is 9.01. The molecule has 0 saturated carbocycles. The number of rotatable bonds is 9. The van der Waals surface area contributed by atoms with E-state index in [4.69, 9.17) is 0 Å². The Kier molecular flexibility index (Phi) is 6.22. The first kappa shape index (κ1) is 17.9. The highest BCUT2D eigenvalue weighted by Gasteiger charge is 2.14. The average molecular weight is 364 g/mol. The predicted molar refractivity (Wildman–Crippen MR) is 105 cm³/mol. The number of Topliss-reactive ketones (excluding diaryl/α,β-unsaturated/α-hetero) is 1. The van der Waals surface area contributed by atoms with Crippen molar-refractivity contribution in [2.75, 3.05) is 11.1 Å². The third-order valence-electron chi connectivity index (χ3n) is 3.76. The van der Waals surface area contributed by atoms with Gasteiger partial charge in [0.25, 0.3) is 0 Å². The van der Waals surface area contributed by atoms with Crippen LogP contribution in [0.15, 0.2) is 78.5 Å². The van der Waals surface area contributed by atoms with Crippen LogP contribution in [0.2, 0.25) is 0 Å². The Bertz CT molecular complexity index is 862. The monoisotopic (exact) mass is 364 g/mol. The van der Waals surface area contributed by atoms with Gasteiger partial charge in [0.15, 0.2) is 16.8 Å². The molecule has 0 amide bonds. The first-order valence-electron chi connectivity index (χ1n) is 8.31. The van der Waals surface area contributed by atoms with Crippen LogP contribution in [-0.4, -0.2) is 26.3 Å². The van der Waals surface area contributed by atoms with Crippen molar-refractivity contribution >= 4 is 23.2 Å². The molecule has 0 fully saturated rings. The number of nitrogens with zero attached hydrogens (tertiary/aromatic N) is 3. The van der Waals surface area contributed by atoms with Crippen molar-refractivity contribution in [3.8, 4) is 0 Å². The summed E-state index contributed by atoms with van der Waals surface area (Å²) in [5, 5.41) is 12.6. The van der Waals surface area contributed by atoms with Crippen molar-refractivity contribution in [2.24, 2.45) is 0 Å². The highest BCUT2D eigenvalue weighted by molar-refractivity contribution is 7.99. The molecule has 26 heavy (non-hydrogen) atoms. The SMILES string of the molecule is C=CCn1c(CNc2ccccc2)nnc1SCC(=O)c1ccccc1. The van der Waals surface area contributed by atoms with Gasteiger partial charge in [-0.05, 0) is 12.1 Å². The first-order chi connectivity index (χ1) is 12.8. The van der Waals surface area contributed by atoms with E-state index in [1.165, 1.54) is 11.8 Å². The number of allylic oxidation sites excluding steroid dienone is 1. The van der Waals surface area contributed by atoms with Crippen LogP contribution in [0.4, 0.5) is 5.69 Å². The maximum Gasteiger partial charge on any atom is 0.192 e. The molecular formula is C20H20N4OS. The van der Waals surface area contributed by atoms with Crippen molar-refractivity contribution in [3.63, 3.8) is 0 Å². The van der Waals surface area contributed by atoms with Gasteiger partial charge in [0.05, 0.1) is 12.3 Å². The van der Waals surface area contributed by atoms with Crippen LogP contribution in [0.5, 0.6) is 0 Å². The molecule has 0 saturated heterocycles. The second-order valence-corrected chi connectivity index (χ2v) is 6.54. The number of ketones is 1. The number of hydrogen-bond acceptors (Lipinski definition) is 5. The minimum atomic E-state index is 0.0766. The van der Waals surface area contributed by atoms with E-state index >= 15 is 0 Å². The number of thioether (sulfide) groups is 1. The summed E-state index contributed by atoms with van der Waals surface area (Å²) in [5.74, 6) is 1.21. The van der Waals surface area contributed by atoms with Crippen molar-refractivity contribution < 1.29 is 4.79 Å². The van der Waals surface area contributed by atoms with Gasteiger partial charge in [-0.3, -0.25) is 4.79 Å². The van der Waals surface area contributed by atoms with Gasteiger partial charge in [0.2, 0.25) is 0 Å². The Hall–Kier alpha value is -2.86. The van der Waals surface area contributed by atoms with Gasteiger partial charge >= 0.3 is 0 Å². The zero-order valence-electron chi connectivity index (χ0n) is 14.3.